The van der Waals surface area contributed by atoms with E-state index in [-0.39, 0.29) is 10.8 Å². The minimum absolute atomic E-state index is 0.142. The molecule has 1 aromatic rings. The number of halogens is 1. The molecule has 0 heterocycles. The van der Waals surface area contributed by atoms with E-state index < -0.39 is 11.4 Å². The van der Waals surface area contributed by atoms with E-state index in [1.165, 1.54) is 5.56 Å². The summed E-state index contributed by atoms with van der Waals surface area (Å²) in [6, 6.07) is 8.29. The first kappa shape index (κ1) is 15.0. The maximum absolute atomic E-state index is 12.1. The van der Waals surface area contributed by atoms with Crippen molar-refractivity contribution in [1.82, 2.24) is 4.72 Å². The Morgan fingerprint density at radius 3 is 2.24 bits per heavy atom. The summed E-state index contributed by atoms with van der Waals surface area (Å²) >= 11 is 2.38. The molecular weight excluding hydrogens is 298 g/mol. The quantitative estimate of drug-likeness (QED) is 0.853. The summed E-state index contributed by atoms with van der Waals surface area (Å²) < 4.78 is 16.1. The minimum Gasteiger partial charge on any atom is -0.598 e. The van der Waals surface area contributed by atoms with Crippen molar-refractivity contribution in [1.29, 1.82) is 0 Å². The Bertz CT molecular complexity index is 347. The number of rotatable bonds is 4. The Morgan fingerprint density at radius 1 is 1.29 bits per heavy atom. The van der Waals surface area contributed by atoms with Crippen molar-refractivity contribution in [2.45, 2.75) is 44.9 Å². The topological polar surface area (TPSA) is 35.1 Å². The second kappa shape index (κ2) is 6.23. The Labute approximate surface area is 116 Å². The van der Waals surface area contributed by atoms with E-state index in [2.05, 4.69) is 39.7 Å². The second-order valence-corrected chi connectivity index (χ2v) is 7.92. The summed E-state index contributed by atoms with van der Waals surface area (Å²) in [6.45, 7) is 8.03. The SMILES string of the molecule is CCC(N[S+]([O-])C(C)(C)C)c1ccc(Br)cc1. The van der Waals surface area contributed by atoms with Crippen molar-refractivity contribution in [2.24, 2.45) is 0 Å². The van der Waals surface area contributed by atoms with Crippen LogP contribution in [0.15, 0.2) is 28.7 Å². The van der Waals surface area contributed by atoms with Gasteiger partial charge >= 0.3 is 0 Å². The fourth-order valence-corrected chi connectivity index (χ4v) is 2.57. The number of benzene rings is 1. The van der Waals surface area contributed by atoms with E-state index in [1.54, 1.807) is 0 Å². The predicted molar refractivity (Wildman–Crippen MR) is 78.2 cm³/mol. The summed E-state index contributed by atoms with van der Waals surface area (Å²) in [5.74, 6) is 0. The lowest BCUT2D eigenvalue weighted by Gasteiger charge is -2.27. The smallest absolute Gasteiger partial charge is 0.136 e. The lowest BCUT2D eigenvalue weighted by Crippen LogP contribution is -2.41. The fourth-order valence-electron chi connectivity index (χ4n) is 1.39. The molecule has 0 radical (unpaired) electrons. The van der Waals surface area contributed by atoms with Crippen LogP contribution in [0.5, 0.6) is 0 Å². The van der Waals surface area contributed by atoms with Gasteiger partial charge in [-0.2, -0.15) is 0 Å². The van der Waals surface area contributed by atoms with Gasteiger partial charge in [0.2, 0.25) is 0 Å². The largest absolute Gasteiger partial charge is 0.598 e. The van der Waals surface area contributed by atoms with Gasteiger partial charge in [0.25, 0.3) is 0 Å². The van der Waals surface area contributed by atoms with Gasteiger partial charge in [0, 0.05) is 15.8 Å². The van der Waals surface area contributed by atoms with Crippen LogP contribution in [0.3, 0.4) is 0 Å². The molecular formula is C13H20BrNOS. The third-order valence-corrected chi connectivity index (χ3v) is 4.63. The van der Waals surface area contributed by atoms with Crippen LogP contribution in [0.1, 0.15) is 45.7 Å². The summed E-state index contributed by atoms with van der Waals surface area (Å²) in [5, 5.41) is 0. The molecule has 0 aliphatic rings. The zero-order chi connectivity index (χ0) is 13.1. The number of nitrogens with one attached hydrogen (secondary N) is 1. The lowest BCUT2D eigenvalue weighted by atomic mass is 10.1. The fraction of sp³-hybridized carbons (Fsp3) is 0.538. The molecule has 96 valence electrons. The number of hydrogen-bond acceptors (Lipinski definition) is 2. The van der Waals surface area contributed by atoms with Crippen LogP contribution in [-0.2, 0) is 11.4 Å². The van der Waals surface area contributed by atoms with Crippen LogP contribution in [0.4, 0.5) is 0 Å². The molecule has 0 saturated heterocycles. The molecule has 0 spiro atoms. The van der Waals surface area contributed by atoms with E-state index in [0.29, 0.717) is 0 Å². The first-order valence-electron chi connectivity index (χ1n) is 5.78. The monoisotopic (exact) mass is 317 g/mol. The maximum Gasteiger partial charge on any atom is 0.136 e. The zero-order valence-corrected chi connectivity index (χ0v) is 13.2. The molecule has 1 N–H and O–H groups in total. The Morgan fingerprint density at radius 2 is 1.82 bits per heavy atom. The molecule has 0 aromatic heterocycles. The van der Waals surface area contributed by atoms with Crippen LogP contribution in [0, 0.1) is 0 Å². The van der Waals surface area contributed by atoms with Gasteiger partial charge in [-0.25, -0.2) is 0 Å². The van der Waals surface area contributed by atoms with Crippen LogP contribution >= 0.6 is 15.9 Å². The molecule has 0 bridgehead atoms. The van der Waals surface area contributed by atoms with Crippen molar-refractivity contribution >= 4 is 27.3 Å². The van der Waals surface area contributed by atoms with E-state index in [4.69, 9.17) is 0 Å². The van der Waals surface area contributed by atoms with Crippen molar-refractivity contribution in [2.75, 3.05) is 0 Å². The molecule has 1 rings (SSSR count). The zero-order valence-electron chi connectivity index (χ0n) is 10.8. The summed E-state index contributed by atoms with van der Waals surface area (Å²) in [4.78, 5) is 0. The molecule has 2 unspecified atom stereocenters. The highest BCUT2D eigenvalue weighted by Crippen LogP contribution is 2.23. The Hall–Kier alpha value is -0.0300. The first-order chi connectivity index (χ1) is 7.84. The summed E-state index contributed by atoms with van der Waals surface area (Å²) in [5.41, 5.74) is 1.17. The predicted octanol–water partition coefficient (Wildman–Crippen LogP) is 3.95. The standard InChI is InChI=1S/C13H20BrNOS/c1-5-12(15-17(16)13(2,3)4)10-6-8-11(14)9-7-10/h6-9,12,15H,5H2,1-4H3. The average molecular weight is 318 g/mol. The second-order valence-electron chi connectivity index (χ2n) is 5.01. The van der Waals surface area contributed by atoms with Crippen molar-refractivity contribution < 1.29 is 4.55 Å². The average Bonchev–Trinajstić information content (AvgIpc) is 2.25. The Balaban J connectivity index is 2.75. The molecule has 0 aliphatic heterocycles. The molecule has 4 heteroatoms. The molecule has 0 saturated carbocycles. The highest BCUT2D eigenvalue weighted by molar-refractivity contribution is 9.10. The highest BCUT2D eigenvalue weighted by Gasteiger charge is 2.29. The Kier molecular flexibility index (Phi) is 5.51. The lowest BCUT2D eigenvalue weighted by molar-refractivity contribution is 0.519. The van der Waals surface area contributed by atoms with Gasteiger partial charge in [-0.15, -0.1) is 4.72 Å². The van der Waals surface area contributed by atoms with Gasteiger partial charge in [0.05, 0.1) is 6.04 Å². The highest BCUT2D eigenvalue weighted by atomic mass is 79.9. The van der Waals surface area contributed by atoms with Gasteiger partial charge in [-0.1, -0.05) is 35.0 Å². The molecule has 17 heavy (non-hydrogen) atoms. The molecule has 0 amide bonds. The van der Waals surface area contributed by atoms with Gasteiger partial charge < -0.3 is 4.55 Å². The van der Waals surface area contributed by atoms with Gasteiger partial charge in [-0.3, -0.25) is 0 Å². The molecule has 0 fully saturated rings. The van der Waals surface area contributed by atoms with Crippen molar-refractivity contribution in [3.05, 3.63) is 34.3 Å². The van der Waals surface area contributed by atoms with Gasteiger partial charge in [0.1, 0.15) is 4.75 Å². The summed E-state index contributed by atoms with van der Waals surface area (Å²) in [7, 11) is 0. The number of hydrogen-bond donors (Lipinski definition) is 1. The van der Waals surface area contributed by atoms with Crippen LogP contribution in [0.2, 0.25) is 0 Å². The van der Waals surface area contributed by atoms with Crippen molar-refractivity contribution in [3.63, 3.8) is 0 Å². The van der Waals surface area contributed by atoms with Crippen LogP contribution in [0.25, 0.3) is 0 Å². The maximum atomic E-state index is 12.1. The van der Waals surface area contributed by atoms with E-state index in [1.807, 2.05) is 32.9 Å². The molecule has 1 aromatic carbocycles. The third-order valence-electron chi connectivity index (χ3n) is 2.49. The molecule has 2 atom stereocenters. The van der Waals surface area contributed by atoms with Gasteiger partial charge in [-0.05, 0) is 44.9 Å². The van der Waals surface area contributed by atoms with E-state index in [0.717, 1.165) is 10.9 Å². The third kappa shape index (κ3) is 4.62. The first-order valence-corrected chi connectivity index (χ1v) is 7.72. The van der Waals surface area contributed by atoms with E-state index in [9.17, 15) is 4.55 Å². The van der Waals surface area contributed by atoms with Crippen LogP contribution in [-0.4, -0.2) is 9.30 Å². The van der Waals surface area contributed by atoms with Crippen LogP contribution < -0.4 is 4.72 Å². The summed E-state index contributed by atoms with van der Waals surface area (Å²) in [6.07, 6.45) is 0.920. The minimum atomic E-state index is -1.03. The van der Waals surface area contributed by atoms with Crippen molar-refractivity contribution in [3.8, 4) is 0 Å². The normalized spacial score (nSPS) is 15.6. The van der Waals surface area contributed by atoms with Gasteiger partial charge in [0.15, 0.2) is 0 Å². The molecule has 0 aliphatic carbocycles. The molecule has 2 nitrogen and oxygen atoms in total. The van der Waals surface area contributed by atoms with E-state index >= 15 is 0 Å².